The second-order valence-electron chi connectivity index (χ2n) is 9.98. The summed E-state index contributed by atoms with van der Waals surface area (Å²) in [6.07, 6.45) is 3.50. The molecule has 34 heavy (non-hydrogen) atoms. The molecule has 0 amide bonds. The van der Waals surface area contributed by atoms with Gasteiger partial charge in [-0.2, -0.15) is 0 Å². The Hall–Kier alpha value is -1.87. The molecule has 1 aromatic rings. The van der Waals surface area contributed by atoms with Crippen LogP contribution in [-0.4, -0.2) is 60.7 Å². The summed E-state index contributed by atoms with van der Waals surface area (Å²) in [5.41, 5.74) is 7.01. The first kappa shape index (κ1) is 25.2. The van der Waals surface area contributed by atoms with E-state index in [1.165, 1.54) is 17.3 Å². The molecule has 1 aromatic carbocycles. The molecule has 6 atom stereocenters. The Balaban J connectivity index is 1.35. The van der Waals surface area contributed by atoms with Crippen molar-refractivity contribution in [2.45, 2.75) is 80.9 Å². The van der Waals surface area contributed by atoms with Crippen molar-refractivity contribution in [3.05, 3.63) is 35.9 Å². The number of thioether (sulfide) groups is 1. The number of methoxy groups -OCH3 is 1. The molecule has 8 heteroatoms. The molecular weight excluding hydrogens is 454 g/mol. The number of carbonyl (C=O) groups is 2. The molecule has 0 bridgehead atoms. The van der Waals surface area contributed by atoms with E-state index in [0.29, 0.717) is 18.7 Å². The molecule has 3 aliphatic rings. The number of Topliss-reactive ketones (excluding diaryl/α,β-unsaturated/α-hetero) is 1. The van der Waals surface area contributed by atoms with E-state index in [1.54, 1.807) is 13.2 Å². The van der Waals surface area contributed by atoms with Crippen LogP contribution in [0.5, 0.6) is 0 Å². The summed E-state index contributed by atoms with van der Waals surface area (Å²) in [6, 6.07) is 7.33. The molecule has 1 aliphatic carbocycles. The Labute approximate surface area is 205 Å². The monoisotopic (exact) mass is 489 g/mol. The molecule has 2 heterocycles. The van der Waals surface area contributed by atoms with Crippen molar-refractivity contribution < 1.29 is 28.5 Å². The summed E-state index contributed by atoms with van der Waals surface area (Å²) in [5, 5.41) is 0. The summed E-state index contributed by atoms with van der Waals surface area (Å²) in [6.45, 7) is 6.94. The first-order valence-electron chi connectivity index (χ1n) is 11.8. The molecule has 7 nitrogen and oxygen atoms in total. The van der Waals surface area contributed by atoms with Crippen LogP contribution in [-0.2, 0) is 28.5 Å². The zero-order valence-corrected chi connectivity index (χ0v) is 21.2. The lowest BCUT2D eigenvalue weighted by atomic mass is 9.68. The molecular formula is C26H35NO6S. The fourth-order valence-corrected chi connectivity index (χ4v) is 6.08. The molecule has 0 unspecified atom stereocenters. The lowest BCUT2D eigenvalue weighted by Gasteiger charge is -2.42. The number of rotatable bonds is 10. The van der Waals surface area contributed by atoms with Crippen LogP contribution in [0.2, 0.25) is 0 Å². The molecule has 2 aliphatic heterocycles. The zero-order chi connectivity index (χ0) is 24.5. The van der Waals surface area contributed by atoms with Gasteiger partial charge in [-0.15, -0.1) is 11.8 Å². The predicted molar refractivity (Wildman–Crippen MR) is 131 cm³/mol. The molecule has 2 N–H and O–H groups in total. The minimum Gasteiger partial charge on any atom is -0.459 e. The minimum absolute atomic E-state index is 0.0399. The fraction of sp³-hybridized carbons (Fsp3) is 0.615. The summed E-state index contributed by atoms with van der Waals surface area (Å²) in [5.74, 6) is -0.546. The Morgan fingerprint density at radius 1 is 1.32 bits per heavy atom. The van der Waals surface area contributed by atoms with Crippen LogP contribution in [0.3, 0.4) is 0 Å². The van der Waals surface area contributed by atoms with Gasteiger partial charge < -0.3 is 24.7 Å². The molecule has 3 fully saturated rings. The van der Waals surface area contributed by atoms with E-state index < -0.39 is 17.7 Å². The molecule has 2 saturated heterocycles. The van der Waals surface area contributed by atoms with Gasteiger partial charge in [-0.1, -0.05) is 17.7 Å². The number of benzene rings is 1. The number of carbonyl (C=O) groups excluding carboxylic acids is 2. The number of anilines is 1. The van der Waals surface area contributed by atoms with Crippen molar-refractivity contribution in [3.63, 3.8) is 0 Å². The van der Waals surface area contributed by atoms with Gasteiger partial charge in [-0.05, 0) is 58.2 Å². The number of hydrogen-bond donors (Lipinski definition) is 1. The lowest BCUT2D eigenvalue weighted by Crippen LogP contribution is -2.55. The SMILES string of the molecule is CO[C@@H]1[C@H](OC(=O)CC(=O)CSc2cccc(N)c2)CC[C@]2(CO2)[C@H]1[C@]1(C)O[C@@H]1CC=C(C)C. The molecule has 1 spiro atoms. The third kappa shape index (κ3) is 5.51. The predicted octanol–water partition coefficient (Wildman–Crippen LogP) is 3.94. The minimum atomic E-state index is -0.514. The van der Waals surface area contributed by atoms with Crippen molar-refractivity contribution in [3.8, 4) is 0 Å². The smallest absolute Gasteiger partial charge is 0.313 e. The third-order valence-electron chi connectivity index (χ3n) is 7.12. The van der Waals surface area contributed by atoms with Gasteiger partial charge in [0, 0.05) is 17.7 Å². The van der Waals surface area contributed by atoms with Gasteiger partial charge in [0.1, 0.15) is 29.8 Å². The number of nitrogen functional groups attached to an aromatic ring is 1. The zero-order valence-electron chi connectivity index (χ0n) is 20.4. The number of nitrogens with two attached hydrogens (primary N) is 1. The molecule has 1 saturated carbocycles. The highest BCUT2D eigenvalue weighted by molar-refractivity contribution is 8.00. The largest absolute Gasteiger partial charge is 0.459 e. The lowest BCUT2D eigenvalue weighted by molar-refractivity contribution is -0.172. The van der Waals surface area contributed by atoms with Crippen LogP contribution in [0, 0.1) is 5.92 Å². The van der Waals surface area contributed by atoms with Crippen LogP contribution in [0.4, 0.5) is 5.69 Å². The number of allylic oxidation sites excluding steroid dienone is 1. The van der Waals surface area contributed by atoms with Gasteiger partial charge in [0.15, 0.2) is 5.78 Å². The number of ether oxygens (including phenoxy) is 4. The Morgan fingerprint density at radius 3 is 2.74 bits per heavy atom. The van der Waals surface area contributed by atoms with E-state index in [0.717, 1.165) is 17.7 Å². The van der Waals surface area contributed by atoms with Gasteiger partial charge in [0.25, 0.3) is 0 Å². The standard InChI is InChI=1S/C26H35NO6S/c1-16(2)8-9-21-25(3,33-21)24-23(30-4)20(10-11-26(24)15-31-26)32-22(29)13-18(28)14-34-19-7-5-6-17(27)12-19/h5-8,12,20-21,23-24H,9-11,13-15,27H2,1-4H3/t20-,21-,23-,24-,25-,26+/m1/s1. The van der Waals surface area contributed by atoms with Gasteiger partial charge >= 0.3 is 5.97 Å². The maximum Gasteiger partial charge on any atom is 0.313 e. The van der Waals surface area contributed by atoms with Crippen molar-refractivity contribution >= 4 is 29.2 Å². The van der Waals surface area contributed by atoms with E-state index in [1.807, 2.05) is 18.2 Å². The van der Waals surface area contributed by atoms with Gasteiger partial charge in [-0.3, -0.25) is 9.59 Å². The summed E-state index contributed by atoms with van der Waals surface area (Å²) < 4.78 is 23.8. The van der Waals surface area contributed by atoms with Gasteiger partial charge in [0.2, 0.25) is 0 Å². The highest BCUT2D eigenvalue weighted by Gasteiger charge is 2.72. The normalized spacial score (nSPS) is 33.9. The molecule has 186 valence electrons. The average molecular weight is 490 g/mol. The summed E-state index contributed by atoms with van der Waals surface area (Å²) in [7, 11) is 1.64. The highest BCUT2D eigenvalue weighted by Crippen LogP contribution is 2.59. The van der Waals surface area contributed by atoms with Crippen LogP contribution in [0.1, 0.15) is 46.5 Å². The highest BCUT2D eigenvalue weighted by atomic mass is 32.2. The number of epoxide rings is 2. The Kier molecular flexibility index (Phi) is 7.43. The Bertz CT molecular complexity index is 956. The third-order valence-corrected chi connectivity index (χ3v) is 8.17. The van der Waals surface area contributed by atoms with Crippen molar-refractivity contribution in [2.75, 3.05) is 25.2 Å². The van der Waals surface area contributed by atoms with Crippen molar-refractivity contribution in [2.24, 2.45) is 5.92 Å². The summed E-state index contributed by atoms with van der Waals surface area (Å²) in [4.78, 5) is 25.9. The fourth-order valence-electron chi connectivity index (χ4n) is 5.26. The van der Waals surface area contributed by atoms with Crippen LogP contribution >= 0.6 is 11.8 Å². The number of hydrogen-bond acceptors (Lipinski definition) is 8. The van der Waals surface area contributed by atoms with Crippen LogP contribution < -0.4 is 5.73 Å². The number of ketones is 1. The second-order valence-corrected chi connectivity index (χ2v) is 11.0. The molecule has 0 radical (unpaired) electrons. The van der Waals surface area contributed by atoms with E-state index in [9.17, 15) is 9.59 Å². The maximum atomic E-state index is 12.6. The maximum absolute atomic E-state index is 12.6. The Morgan fingerprint density at radius 2 is 2.09 bits per heavy atom. The van der Waals surface area contributed by atoms with Crippen LogP contribution in [0.15, 0.2) is 40.8 Å². The molecule has 0 aromatic heterocycles. The van der Waals surface area contributed by atoms with Crippen molar-refractivity contribution in [1.82, 2.24) is 0 Å². The van der Waals surface area contributed by atoms with E-state index in [-0.39, 0.29) is 41.7 Å². The topological polar surface area (TPSA) is 104 Å². The first-order chi connectivity index (χ1) is 16.2. The quantitative estimate of drug-likeness (QED) is 0.132. The van der Waals surface area contributed by atoms with Crippen LogP contribution in [0.25, 0.3) is 0 Å². The van der Waals surface area contributed by atoms with Gasteiger partial charge in [-0.25, -0.2) is 0 Å². The second kappa shape index (κ2) is 10.0. The van der Waals surface area contributed by atoms with E-state index >= 15 is 0 Å². The van der Waals surface area contributed by atoms with Crippen molar-refractivity contribution in [1.29, 1.82) is 0 Å². The molecule has 4 rings (SSSR count). The van der Waals surface area contributed by atoms with E-state index in [4.69, 9.17) is 24.7 Å². The summed E-state index contributed by atoms with van der Waals surface area (Å²) >= 11 is 1.36. The number of esters is 1. The average Bonchev–Trinajstić information content (AvgIpc) is 3.69. The first-order valence-corrected chi connectivity index (χ1v) is 12.8. The van der Waals surface area contributed by atoms with E-state index in [2.05, 4.69) is 26.8 Å². The van der Waals surface area contributed by atoms with Gasteiger partial charge in [0.05, 0.1) is 24.4 Å².